The number of carbonyl (C=O) groups is 1. The van der Waals surface area contributed by atoms with Gasteiger partial charge in [0.15, 0.2) is 0 Å². The van der Waals surface area contributed by atoms with Gasteiger partial charge in [0.1, 0.15) is 0 Å². The Morgan fingerprint density at radius 3 is 2.38 bits per heavy atom. The van der Waals surface area contributed by atoms with Crippen molar-refractivity contribution in [2.24, 2.45) is 0 Å². The molecule has 2 amide bonds. The van der Waals surface area contributed by atoms with Gasteiger partial charge in [0, 0.05) is 61.6 Å². The third-order valence-corrected chi connectivity index (χ3v) is 6.72. The zero-order valence-corrected chi connectivity index (χ0v) is 17.9. The highest BCUT2D eigenvalue weighted by atomic mass is 32.2. The second-order valence-corrected chi connectivity index (χ2v) is 8.64. The van der Waals surface area contributed by atoms with Crippen molar-refractivity contribution in [1.29, 1.82) is 0 Å². The van der Waals surface area contributed by atoms with Crippen LogP contribution >= 0.6 is 11.8 Å². The Kier molecular flexibility index (Phi) is 6.62. The molecule has 2 aromatic carbocycles. The normalized spacial score (nSPS) is 20.5. The van der Waals surface area contributed by atoms with Crippen LogP contribution in [0.25, 0.3) is 0 Å². The number of piperazine rings is 1. The third-order valence-electron chi connectivity index (χ3n) is 5.98. The molecule has 0 radical (unpaired) electrons. The quantitative estimate of drug-likeness (QED) is 0.766. The fourth-order valence-electron chi connectivity index (χ4n) is 4.30. The van der Waals surface area contributed by atoms with Crippen LogP contribution in [0, 0.1) is 0 Å². The van der Waals surface area contributed by atoms with Gasteiger partial charge in [-0.3, -0.25) is 4.90 Å². The topological polar surface area (TPSA) is 38.8 Å². The largest absolute Gasteiger partial charge is 0.369 e. The van der Waals surface area contributed by atoms with E-state index in [4.69, 9.17) is 0 Å². The lowest BCUT2D eigenvalue weighted by Crippen LogP contribution is -2.56. The fraction of sp³-hybridized carbons (Fsp3) is 0.435. The molecule has 154 valence electrons. The highest BCUT2D eigenvalue weighted by Gasteiger charge is 2.30. The van der Waals surface area contributed by atoms with Gasteiger partial charge in [-0.05, 0) is 55.5 Å². The number of urea groups is 1. The van der Waals surface area contributed by atoms with E-state index in [-0.39, 0.29) is 6.03 Å². The van der Waals surface area contributed by atoms with E-state index in [1.807, 2.05) is 29.2 Å². The standard InChI is InChI=1S/C23H30N4OS/c1-29-22-11-9-19(10-12-22)24-23(28)27-13-5-8-21(18-27)26-16-14-25(15-17-26)20-6-3-2-4-7-20/h2-4,6-7,9-12,21H,5,8,13-18H2,1H3,(H,24,28). The lowest BCUT2D eigenvalue weighted by Gasteiger charge is -2.43. The van der Waals surface area contributed by atoms with Crippen molar-refractivity contribution < 1.29 is 4.79 Å². The van der Waals surface area contributed by atoms with Crippen molar-refractivity contribution in [3.05, 3.63) is 54.6 Å². The van der Waals surface area contributed by atoms with E-state index in [9.17, 15) is 4.79 Å². The van der Waals surface area contributed by atoms with Crippen LogP contribution in [0.5, 0.6) is 0 Å². The van der Waals surface area contributed by atoms with E-state index in [0.29, 0.717) is 6.04 Å². The van der Waals surface area contributed by atoms with Crippen molar-refractivity contribution in [3.8, 4) is 0 Å². The third kappa shape index (κ3) is 5.06. The summed E-state index contributed by atoms with van der Waals surface area (Å²) in [6, 6.07) is 19.2. The molecule has 0 saturated carbocycles. The number of amides is 2. The zero-order valence-electron chi connectivity index (χ0n) is 17.1. The van der Waals surface area contributed by atoms with Gasteiger partial charge in [-0.25, -0.2) is 4.79 Å². The number of nitrogens with one attached hydrogen (secondary N) is 1. The number of para-hydroxylation sites is 1. The van der Waals surface area contributed by atoms with Crippen molar-refractivity contribution in [3.63, 3.8) is 0 Å². The summed E-state index contributed by atoms with van der Waals surface area (Å²) in [5.41, 5.74) is 2.18. The summed E-state index contributed by atoms with van der Waals surface area (Å²) in [6.45, 7) is 5.88. The predicted molar refractivity (Wildman–Crippen MR) is 122 cm³/mol. The Morgan fingerprint density at radius 2 is 1.69 bits per heavy atom. The van der Waals surface area contributed by atoms with E-state index in [1.54, 1.807) is 11.8 Å². The van der Waals surface area contributed by atoms with Crippen LogP contribution < -0.4 is 10.2 Å². The fourth-order valence-corrected chi connectivity index (χ4v) is 4.71. The van der Waals surface area contributed by atoms with Gasteiger partial charge in [-0.1, -0.05) is 18.2 Å². The van der Waals surface area contributed by atoms with Crippen molar-refractivity contribution in [2.75, 3.05) is 55.7 Å². The van der Waals surface area contributed by atoms with Crippen molar-refractivity contribution >= 4 is 29.2 Å². The van der Waals surface area contributed by atoms with Gasteiger partial charge < -0.3 is 15.1 Å². The van der Waals surface area contributed by atoms with Crippen LogP contribution in [-0.4, -0.2) is 67.4 Å². The average Bonchev–Trinajstić information content (AvgIpc) is 2.80. The summed E-state index contributed by atoms with van der Waals surface area (Å²) >= 11 is 1.71. The zero-order chi connectivity index (χ0) is 20.1. The number of likely N-dealkylation sites (tertiary alicyclic amines) is 1. The number of hydrogen-bond donors (Lipinski definition) is 1. The molecule has 29 heavy (non-hydrogen) atoms. The molecule has 0 aliphatic carbocycles. The maximum Gasteiger partial charge on any atom is 0.321 e. The van der Waals surface area contributed by atoms with Gasteiger partial charge in [-0.2, -0.15) is 0 Å². The molecule has 0 spiro atoms. The molecule has 5 nitrogen and oxygen atoms in total. The van der Waals surface area contributed by atoms with Gasteiger partial charge in [0.05, 0.1) is 0 Å². The van der Waals surface area contributed by atoms with Crippen LogP contribution in [0.3, 0.4) is 0 Å². The first-order valence-electron chi connectivity index (χ1n) is 10.5. The van der Waals surface area contributed by atoms with E-state index < -0.39 is 0 Å². The van der Waals surface area contributed by atoms with E-state index in [1.165, 1.54) is 17.0 Å². The average molecular weight is 411 g/mol. The molecule has 2 aliphatic rings. The summed E-state index contributed by atoms with van der Waals surface area (Å²) in [5, 5.41) is 3.07. The van der Waals surface area contributed by atoms with Crippen LogP contribution in [-0.2, 0) is 0 Å². The minimum atomic E-state index is 0.0227. The van der Waals surface area contributed by atoms with Gasteiger partial charge in [-0.15, -0.1) is 11.8 Å². The van der Waals surface area contributed by atoms with Crippen LogP contribution in [0.15, 0.2) is 59.5 Å². The number of anilines is 2. The minimum absolute atomic E-state index is 0.0227. The van der Waals surface area contributed by atoms with Gasteiger partial charge in [0.25, 0.3) is 0 Å². The number of nitrogens with zero attached hydrogens (tertiary/aromatic N) is 3. The van der Waals surface area contributed by atoms with Gasteiger partial charge >= 0.3 is 6.03 Å². The molecule has 1 N–H and O–H groups in total. The number of piperidine rings is 1. The molecule has 6 heteroatoms. The minimum Gasteiger partial charge on any atom is -0.369 e. The van der Waals surface area contributed by atoms with Crippen LogP contribution in [0.1, 0.15) is 12.8 Å². The second-order valence-electron chi connectivity index (χ2n) is 7.76. The highest BCUT2D eigenvalue weighted by Crippen LogP contribution is 2.22. The Hall–Kier alpha value is -2.18. The Balaban J connectivity index is 1.29. The number of benzene rings is 2. The highest BCUT2D eigenvalue weighted by molar-refractivity contribution is 7.98. The first-order chi connectivity index (χ1) is 14.2. The van der Waals surface area contributed by atoms with Gasteiger partial charge in [0.2, 0.25) is 0 Å². The lowest BCUT2D eigenvalue weighted by atomic mass is 10.0. The van der Waals surface area contributed by atoms with Crippen molar-refractivity contribution in [2.45, 2.75) is 23.8 Å². The Bertz CT molecular complexity index is 790. The van der Waals surface area contributed by atoms with Crippen LogP contribution in [0.4, 0.5) is 16.2 Å². The lowest BCUT2D eigenvalue weighted by molar-refractivity contribution is 0.108. The van der Waals surface area contributed by atoms with E-state index >= 15 is 0 Å². The van der Waals surface area contributed by atoms with Crippen LogP contribution in [0.2, 0.25) is 0 Å². The molecule has 1 atom stereocenters. The maximum absolute atomic E-state index is 12.8. The predicted octanol–water partition coefficient (Wildman–Crippen LogP) is 4.23. The first-order valence-corrected chi connectivity index (χ1v) is 11.7. The molecule has 1 unspecified atom stereocenters. The smallest absolute Gasteiger partial charge is 0.321 e. The Labute approximate surface area is 178 Å². The van der Waals surface area contributed by atoms with E-state index in [2.05, 4.69) is 51.7 Å². The van der Waals surface area contributed by atoms with E-state index in [0.717, 1.165) is 51.4 Å². The SMILES string of the molecule is CSc1ccc(NC(=O)N2CCCC(N3CCN(c4ccccc4)CC3)C2)cc1. The monoisotopic (exact) mass is 410 g/mol. The summed E-state index contributed by atoms with van der Waals surface area (Å²) < 4.78 is 0. The molecular formula is C23H30N4OS. The molecule has 4 rings (SSSR count). The Morgan fingerprint density at radius 1 is 0.966 bits per heavy atom. The molecule has 2 aliphatic heterocycles. The number of carbonyl (C=O) groups excluding carboxylic acids is 1. The summed E-state index contributed by atoms with van der Waals surface area (Å²) in [4.78, 5) is 21.0. The first kappa shape index (κ1) is 20.1. The molecule has 0 aromatic heterocycles. The molecule has 2 aromatic rings. The maximum atomic E-state index is 12.8. The second kappa shape index (κ2) is 9.55. The number of hydrogen-bond acceptors (Lipinski definition) is 4. The summed E-state index contributed by atoms with van der Waals surface area (Å²) in [5.74, 6) is 0. The molecule has 2 heterocycles. The summed E-state index contributed by atoms with van der Waals surface area (Å²) in [7, 11) is 0. The van der Waals surface area contributed by atoms with Crippen molar-refractivity contribution in [1.82, 2.24) is 9.80 Å². The number of rotatable bonds is 4. The molecule has 2 saturated heterocycles. The molecule has 0 bridgehead atoms. The number of thioether (sulfide) groups is 1. The molecule has 2 fully saturated rings. The summed E-state index contributed by atoms with van der Waals surface area (Å²) in [6.07, 6.45) is 4.31. The molecular weight excluding hydrogens is 380 g/mol.